The molecule has 0 aliphatic rings. The summed E-state index contributed by atoms with van der Waals surface area (Å²) in [5, 5.41) is 2.85. The molecular weight excluding hydrogens is 379 g/mol. The summed E-state index contributed by atoms with van der Waals surface area (Å²) in [6.45, 7) is 2.58. The maximum Gasteiger partial charge on any atom is 0.239 e. The van der Waals surface area contributed by atoms with Crippen LogP contribution in [0.3, 0.4) is 0 Å². The number of amides is 1. The van der Waals surface area contributed by atoms with Crippen molar-refractivity contribution in [1.82, 2.24) is 5.32 Å². The minimum atomic E-state index is -0.252. The van der Waals surface area contributed by atoms with E-state index in [0.717, 1.165) is 18.4 Å². The van der Waals surface area contributed by atoms with Crippen molar-refractivity contribution < 1.29 is 47.0 Å². The summed E-state index contributed by atoms with van der Waals surface area (Å²) in [5.74, 6) is 0.206. The number of hydrogen-bond acceptors (Lipinski definition) is 3. The van der Waals surface area contributed by atoms with Crippen LogP contribution in [0.4, 0.5) is 0 Å². The first-order valence-corrected chi connectivity index (χ1v) is 7.59. The van der Waals surface area contributed by atoms with Crippen molar-refractivity contribution in [3.05, 3.63) is 64.7 Å². The zero-order chi connectivity index (χ0) is 16.7. The molecule has 2 aromatic rings. The van der Waals surface area contributed by atoms with Crippen LogP contribution in [0.2, 0.25) is 0 Å². The number of aryl methyl sites for hydroxylation is 1. The average Bonchev–Trinajstić information content (AvgIpc) is 2.60. The molecule has 1 N–H and O–H groups in total. The molecule has 2 rings (SSSR count). The normalized spacial score (nSPS) is 9.75. The number of rotatable bonds is 7. The van der Waals surface area contributed by atoms with Gasteiger partial charge in [-0.05, 0) is 29.2 Å². The van der Waals surface area contributed by atoms with E-state index >= 15 is 0 Å². The van der Waals surface area contributed by atoms with E-state index in [1.807, 2.05) is 12.1 Å². The maximum atomic E-state index is 12.2. The van der Waals surface area contributed by atoms with Crippen molar-refractivity contribution in [2.45, 2.75) is 26.3 Å². The molecular formula is C19H20NO3Y-. The Morgan fingerprint density at radius 3 is 2.38 bits per heavy atom. The summed E-state index contributed by atoms with van der Waals surface area (Å²) in [7, 11) is 1.49. The van der Waals surface area contributed by atoms with Gasteiger partial charge in [-0.3, -0.25) is 4.79 Å². The molecule has 2 aromatic carbocycles. The van der Waals surface area contributed by atoms with Gasteiger partial charge in [0.25, 0.3) is 0 Å². The van der Waals surface area contributed by atoms with Gasteiger partial charge in [0.05, 0.1) is 19.1 Å². The van der Waals surface area contributed by atoms with Gasteiger partial charge < -0.3 is 14.8 Å². The molecule has 24 heavy (non-hydrogen) atoms. The minimum absolute atomic E-state index is 0. The molecule has 4 nitrogen and oxygen atoms in total. The standard InChI is InChI=1S/C19H20NO3.Y/c1-3-4-14-5-7-15(8-6-14)12-20-19(22)17-9-16(13-21)10-18(11-17)23-2;/h5-11H,3-4,12H2,1-2H3,(H,20,22);/q-1;. The number of carbonyl (C=O) groups excluding carboxylic acids is 2. The second kappa shape index (κ2) is 10.4. The Morgan fingerprint density at radius 1 is 1.12 bits per heavy atom. The zero-order valence-electron chi connectivity index (χ0n) is 14.0. The Kier molecular flexibility index (Phi) is 8.87. The monoisotopic (exact) mass is 399 g/mol. The quantitative estimate of drug-likeness (QED) is 0.729. The van der Waals surface area contributed by atoms with Crippen LogP contribution in [0.15, 0.2) is 42.5 Å². The van der Waals surface area contributed by atoms with Gasteiger partial charge in [0, 0.05) is 39.3 Å². The molecule has 123 valence electrons. The minimum Gasteiger partial charge on any atom is -0.510 e. The summed E-state index contributed by atoms with van der Waals surface area (Å²) in [6, 6.07) is 12.8. The molecule has 0 aliphatic carbocycles. The van der Waals surface area contributed by atoms with Crippen LogP contribution < -0.4 is 10.1 Å². The third-order valence-corrected chi connectivity index (χ3v) is 3.54. The molecule has 1 amide bonds. The van der Waals surface area contributed by atoms with E-state index in [1.165, 1.54) is 24.8 Å². The predicted octanol–water partition coefficient (Wildman–Crippen LogP) is 3.03. The number of hydrogen-bond donors (Lipinski definition) is 1. The Bertz CT molecular complexity index is 684. The van der Waals surface area contributed by atoms with Gasteiger partial charge in [0.1, 0.15) is 0 Å². The maximum absolute atomic E-state index is 12.2. The largest absolute Gasteiger partial charge is 0.510 e. The fraction of sp³-hybridized carbons (Fsp3) is 0.263. The Hall–Kier alpha value is -1.52. The predicted molar refractivity (Wildman–Crippen MR) is 89.4 cm³/mol. The molecule has 0 bridgehead atoms. The first-order chi connectivity index (χ1) is 11.2. The molecule has 0 unspecified atom stereocenters. The summed E-state index contributed by atoms with van der Waals surface area (Å²) in [4.78, 5) is 23.0. The molecule has 0 heterocycles. The van der Waals surface area contributed by atoms with Gasteiger partial charge in [-0.15, -0.1) is 17.7 Å². The van der Waals surface area contributed by atoms with Crippen LogP contribution in [0.25, 0.3) is 0 Å². The van der Waals surface area contributed by atoms with Crippen molar-refractivity contribution >= 4 is 12.2 Å². The van der Waals surface area contributed by atoms with E-state index in [0.29, 0.717) is 23.4 Å². The van der Waals surface area contributed by atoms with E-state index in [2.05, 4.69) is 24.4 Å². The van der Waals surface area contributed by atoms with Gasteiger partial charge in [0.2, 0.25) is 5.91 Å². The number of nitrogens with one attached hydrogen (secondary N) is 1. The van der Waals surface area contributed by atoms with Crippen molar-refractivity contribution in [2.75, 3.05) is 7.11 Å². The smallest absolute Gasteiger partial charge is 0.239 e. The fourth-order valence-electron chi connectivity index (χ4n) is 2.30. The van der Waals surface area contributed by atoms with E-state index in [1.54, 1.807) is 12.4 Å². The second-order valence-corrected chi connectivity index (χ2v) is 5.30. The van der Waals surface area contributed by atoms with Crippen molar-refractivity contribution in [3.63, 3.8) is 0 Å². The molecule has 0 aromatic heterocycles. The number of ether oxygens (including phenoxy) is 1. The van der Waals surface area contributed by atoms with Gasteiger partial charge in [-0.1, -0.05) is 37.6 Å². The molecule has 0 fully saturated rings. The first kappa shape index (κ1) is 20.5. The fourth-order valence-corrected chi connectivity index (χ4v) is 2.30. The van der Waals surface area contributed by atoms with E-state index in [9.17, 15) is 9.59 Å². The Morgan fingerprint density at radius 2 is 1.79 bits per heavy atom. The third kappa shape index (κ3) is 5.84. The summed E-state index contributed by atoms with van der Waals surface area (Å²) < 4.78 is 5.09. The van der Waals surface area contributed by atoms with E-state index in [-0.39, 0.29) is 38.6 Å². The average molecular weight is 399 g/mol. The van der Waals surface area contributed by atoms with E-state index in [4.69, 9.17) is 4.74 Å². The van der Waals surface area contributed by atoms with Gasteiger partial charge in [-0.25, -0.2) is 0 Å². The topological polar surface area (TPSA) is 55.4 Å². The second-order valence-electron chi connectivity index (χ2n) is 5.30. The van der Waals surface area contributed by atoms with Crippen LogP contribution in [0.1, 0.15) is 40.4 Å². The van der Waals surface area contributed by atoms with Crippen LogP contribution in [0, 0.1) is 0 Å². The zero-order valence-corrected chi connectivity index (χ0v) is 16.8. The molecule has 0 saturated carbocycles. The first-order valence-electron chi connectivity index (χ1n) is 7.59. The SMILES string of the molecule is CCCc1ccc(CNC(=O)c2cc([C-]=O)cc(OC)c2)cc1.[Y]. The summed E-state index contributed by atoms with van der Waals surface area (Å²) >= 11 is 0. The Labute approximate surface area is 167 Å². The third-order valence-electron chi connectivity index (χ3n) is 3.54. The molecule has 0 aliphatic heterocycles. The number of methoxy groups -OCH3 is 1. The summed E-state index contributed by atoms with van der Waals surface area (Å²) in [5.41, 5.74) is 2.99. The van der Waals surface area contributed by atoms with Crippen molar-refractivity contribution in [3.8, 4) is 5.75 Å². The van der Waals surface area contributed by atoms with Crippen molar-refractivity contribution in [2.24, 2.45) is 0 Å². The van der Waals surface area contributed by atoms with Crippen molar-refractivity contribution in [1.29, 1.82) is 0 Å². The number of benzene rings is 2. The molecule has 5 heteroatoms. The van der Waals surface area contributed by atoms with Gasteiger partial charge in [-0.2, -0.15) is 0 Å². The van der Waals surface area contributed by atoms with Crippen LogP contribution in [0.5, 0.6) is 5.75 Å². The molecule has 0 spiro atoms. The van der Waals surface area contributed by atoms with Crippen LogP contribution in [-0.2, 0) is 50.5 Å². The molecule has 0 saturated heterocycles. The molecule has 1 radical (unpaired) electrons. The molecule has 0 atom stereocenters. The Balaban J connectivity index is 0.00000288. The van der Waals surface area contributed by atoms with Gasteiger partial charge in [0.15, 0.2) is 0 Å². The van der Waals surface area contributed by atoms with Crippen LogP contribution in [-0.4, -0.2) is 19.3 Å². The summed E-state index contributed by atoms with van der Waals surface area (Å²) in [6.07, 6.45) is 3.95. The van der Waals surface area contributed by atoms with Gasteiger partial charge >= 0.3 is 0 Å². The number of carbonyl (C=O) groups is 1. The van der Waals surface area contributed by atoms with E-state index < -0.39 is 0 Å². The van der Waals surface area contributed by atoms with Crippen LogP contribution >= 0.6 is 0 Å².